The quantitative estimate of drug-likeness (QED) is 0.797. The van der Waals surface area contributed by atoms with Crippen LogP contribution in [0, 0.1) is 5.92 Å². The van der Waals surface area contributed by atoms with Gasteiger partial charge in [0.05, 0.1) is 5.56 Å². The lowest BCUT2D eigenvalue weighted by Gasteiger charge is -2.24. The topological polar surface area (TPSA) is 12.0 Å². The van der Waals surface area contributed by atoms with Crippen LogP contribution in [0.4, 0.5) is 13.2 Å². The van der Waals surface area contributed by atoms with Crippen LogP contribution in [-0.4, -0.2) is 13.1 Å². The van der Waals surface area contributed by atoms with E-state index in [1.54, 1.807) is 0 Å². The van der Waals surface area contributed by atoms with E-state index in [2.05, 4.69) is 5.32 Å². The Morgan fingerprint density at radius 1 is 1.29 bits per heavy atom. The zero-order chi connectivity index (χ0) is 12.1. The number of hydrogen-bond acceptors (Lipinski definition) is 1. The van der Waals surface area contributed by atoms with Gasteiger partial charge in [-0.1, -0.05) is 18.2 Å². The van der Waals surface area contributed by atoms with Crippen molar-refractivity contribution in [1.29, 1.82) is 0 Å². The van der Waals surface area contributed by atoms with Crippen molar-refractivity contribution in [3.63, 3.8) is 0 Å². The average molecular weight is 241 g/mol. The van der Waals surface area contributed by atoms with E-state index < -0.39 is 11.7 Å². The lowest BCUT2D eigenvalue weighted by molar-refractivity contribution is -0.137. The van der Waals surface area contributed by atoms with Gasteiger partial charge in [-0.25, -0.2) is 0 Å². The first-order chi connectivity index (χ1) is 8.02. The fraction of sp³-hybridized carbons (Fsp3) is 0.538. The first kappa shape index (κ1) is 11.1. The molecule has 2 fully saturated rings. The summed E-state index contributed by atoms with van der Waals surface area (Å²) in [6.07, 6.45) is -2.13. The molecule has 1 aromatic carbocycles. The Balaban J connectivity index is 1.94. The minimum absolute atomic E-state index is 0.0144. The Hall–Kier alpha value is -1.03. The maximum Gasteiger partial charge on any atom is 0.416 e. The van der Waals surface area contributed by atoms with Gasteiger partial charge < -0.3 is 5.32 Å². The Morgan fingerprint density at radius 2 is 2.12 bits per heavy atom. The highest BCUT2D eigenvalue weighted by Gasteiger charge is 2.56. The molecule has 1 aliphatic heterocycles. The molecule has 1 nitrogen and oxygen atoms in total. The number of hydrogen-bond donors (Lipinski definition) is 1. The van der Waals surface area contributed by atoms with Gasteiger partial charge >= 0.3 is 6.18 Å². The number of halogens is 3. The Kier molecular flexibility index (Phi) is 2.27. The van der Waals surface area contributed by atoms with Crippen LogP contribution in [0.5, 0.6) is 0 Å². The molecule has 0 bridgehead atoms. The molecule has 4 heteroatoms. The Labute approximate surface area is 98.0 Å². The SMILES string of the molecule is FC(F)(F)c1cccc([C@]23CNCC[C@@H]2C3)c1. The van der Waals surface area contributed by atoms with Crippen molar-refractivity contribution in [3.05, 3.63) is 35.4 Å². The van der Waals surface area contributed by atoms with Crippen LogP contribution in [0.15, 0.2) is 24.3 Å². The van der Waals surface area contributed by atoms with E-state index in [9.17, 15) is 13.2 Å². The lowest BCUT2D eigenvalue weighted by atomic mass is 9.89. The van der Waals surface area contributed by atoms with Crippen LogP contribution in [0.3, 0.4) is 0 Å². The third kappa shape index (κ3) is 1.75. The highest BCUT2D eigenvalue weighted by molar-refractivity contribution is 5.38. The van der Waals surface area contributed by atoms with E-state index in [0.717, 1.165) is 37.6 Å². The molecule has 1 aliphatic carbocycles. The predicted octanol–water partition coefficient (Wildman–Crippen LogP) is 2.96. The van der Waals surface area contributed by atoms with Crippen molar-refractivity contribution in [3.8, 4) is 0 Å². The zero-order valence-electron chi connectivity index (χ0n) is 9.35. The van der Waals surface area contributed by atoms with E-state index in [4.69, 9.17) is 0 Å². The monoisotopic (exact) mass is 241 g/mol. The molecule has 0 spiro atoms. The molecule has 0 unspecified atom stereocenters. The highest BCUT2D eigenvalue weighted by Crippen LogP contribution is 2.57. The van der Waals surface area contributed by atoms with Gasteiger partial charge in [-0.15, -0.1) is 0 Å². The van der Waals surface area contributed by atoms with E-state index in [1.165, 1.54) is 12.1 Å². The molecule has 1 N–H and O–H groups in total. The fourth-order valence-electron chi connectivity index (χ4n) is 3.02. The number of alkyl halides is 3. The second kappa shape index (κ2) is 3.48. The van der Waals surface area contributed by atoms with Gasteiger partial charge in [-0.05, 0) is 36.9 Å². The second-order valence-electron chi connectivity index (χ2n) is 5.10. The van der Waals surface area contributed by atoms with E-state index in [0.29, 0.717) is 5.92 Å². The minimum atomic E-state index is -4.24. The number of benzene rings is 1. The molecule has 2 aliphatic rings. The molecular weight excluding hydrogens is 227 g/mol. The largest absolute Gasteiger partial charge is 0.416 e. The maximum atomic E-state index is 12.7. The van der Waals surface area contributed by atoms with E-state index in [1.807, 2.05) is 6.07 Å². The van der Waals surface area contributed by atoms with Crippen molar-refractivity contribution in [2.75, 3.05) is 13.1 Å². The van der Waals surface area contributed by atoms with Crippen molar-refractivity contribution >= 4 is 0 Å². The summed E-state index contributed by atoms with van der Waals surface area (Å²) in [7, 11) is 0. The summed E-state index contributed by atoms with van der Waals surface area (Å²) < 4.78 is 38.0. The van der Waals surface area contributed by atoms with E-state index >= 15 is 0 Å². The van der Waals surface area contributed by atoms with Crippen LogP contribution >= 0.6 is 0 Å². The van der Waals surface area contributed by atoms with Crippen molar-refractivity contribution < 1.29 is 13.2 Å². The smallest absolute Gasteiger partial charge is 0.316 e. The third-order valence-corrected chi connectivity index (χ3v) is 4.11. The first-order valence-corrected chi connectivity index (χ1v) is 5.91. The minimum Gasteiger partial charge on any atom is -0.316 e. The van der Waals surface area contributed by atoms with Crippen molar-refractivity contribution in [2.24, 2.45) is 5.92 Å². The molecule has 0 aromatic heterocycles. The van der Waals surface area contributed by atoms with Crippen LogP contribution in [-0.2, 0) is 11.6 Å². The predicted molar refractivity (Wildman–Crippen MR) is 58.7 cm³/mol. The summed E-state index contributed by atoms with van der Waals surface area (Å²) in [6, 6.07) is 5.83. The normalized spacial score (nSPS) is 32.1. The van der Waals surface area contributed by atoms with Crippen molar-refractivity contribution in [1.82, 2.24) is 5.32 Å². The number of rotatable bonds is 1. The van der Waals surface area contributed by atoms with Gasteiger partial charge in [-0.2, -0.15) is 13.2 Å². The molecule has 17 heavy (non-hydrogen) atoms. The lowest BCUT2D eigenvalue weighted by Crippen LogP contribution is -2.34. The molecule has 1 saturated carbocycles. The zero-order valence-corrected chi connectivity index (χ0v) is 9.35. The average Bonchev–Trinajstić information content (AvgIpc) is 3.04. The standard InChI is InChI=1S/C13H14F3N/c14-13(15,16)10-3-1-2-9(6-10)12-7-11(12)4-5-17-8-12/h1-3,6,11,17H,4-5,7-8H2/t11-,12+/m1/s1. The van der Waals surface area contributed by atoms with Gasteiger partial charge in [-0.3, -0.25) is 0 Å². The molecule has 1 saturated heterocycles. The molecule has 0 radical (unpaired) electrons. The summed E-state index contributed by atoms with van der Waals surface area (Å²) in [5.74, 6) is 0.576. The fourth-order valence-corrected chi connectivity index (χ4v) is 3.02. The maximum absolute atomic E-state index is 12.7. The van der Waals surface area contributed by atoms with Crippen LogP contribution in [0.1, 0.15) is 24.0 Å². The Morgan fingerprint density at radius 3 is 2.82 bits per heavy atom. The molecule has 1 aromatic rings. The summed E-state index contributed by atoms with van der Waals surface area (Å²) in [5.41, 5.74) is 0.310. The van der Waals surface area contributed by atoms with E-state index in [-0.39, 0.29) is 5.41 Å². The molecule has 0 amide bonds. The summed E-state index contributed by atoms with van der Waals surface area (Å²) >= 11 is 0. The van der Waals surface area contributed by atoms with Crippen LogP contribution < -0.4 is 5.32 Å². The van der Waals surface area contributed by atoms with Gasteiger partial charge in [0, 0.05) is 12.0 Å². The number of piperidine rings is 1. The highest BCUT2D eigenvalue weighted by atomic mass is 19.4. The molecule has 2 atom stereocenters. The Bertz CT molecular complexity index is 441. The molecule has 92 valence electrons. The third-order valence-electron chi connectivity index (χ3n) is 4.11. The van der Waals surface area contributed by atoms with Crippen LogP contribution in [0.2, 0.25) is 0 Å². The van der Waals surface area contributed by atoms with Gasteiger partial charge in [0.2, 0.25) is 0 Å². The van der Waals surface area contributed by atoms with Gasteiger partial charge in [0.1, 0.15) is 0 Å². The molecule has 1 heterocycles. The summed E-state index contributed by atoms with van der Waals surface area (Å²) in [6.45, 7) is 1.81. The van der Waals surface area contributed by atoms with Crippen molar-refractivity contribution in [2.45, 2.75) is 24.4 Å². The van der Waals surface area contributed by atoms with Gasteiger partial charge in [0.15, 0.2) is 0 Å². The summed E-state index contributed by atoms with van der Waals surface area (Å²) in [5, 5.41) is 3.29. The second-order valence-corrected chi connectivity index (χ2v) is 5.10. The van der Waals surface area contributed by atoms with Gasteiger partial charge in [0.25, 0.3) is 0 Å². The molecule has 3 rings (SSSR count). The number of fused-ring (bicyclic) bond motifs is 1. The number of nitrogens with one attached hydrogen (secondary N) is 1. The first-order valence-electron chi connectivity index (χ1n) is 5.91. The summed E-state index contributed by atoms with van der Waals surface area (Å²) in [4.78, 5) is 0. The van der Waals surface area contributed by atoms with Crippen LogP contribution in [0.25, 0.3) is 0 Å². The molecular formula is C13H14F3N.